The summed E-state index contributed by atoms with van der Waals surface area (Å²) < 4.78 is 27.4. The molecule has 21 heavy (non-hydrogen) atoms. The number of hydrogen-bond acceptors (Lipinski definition) is 4. The summed E-state index contributed by atoms with van der Waals surface area (Å²) in [6.07, 6.45) is 1.46. The Kier molecular flexibility index (Phi) is 4.69. The Bertz CT molecular complexity index is 748. The van der Waals surface area contributed by atoms with Gasteiger partial charge >= 0.3 is 0 Å². The van der Waals surface area contributed by atoms with Gasteiger partial charge in [0.1, 0.15) is 5.82 Å². The summed E-state index contributed by atoms with van der Waals surface area (Å²) >= 11 is 6.00. The lowest BCUT2D eigenvalue weighted by molar-refractivity contribution is 0.601. The molecule has 0 unspecified atom stereocenters. The molecule has 0 atom stereocenters. The fraction of sp³-hybridized carbons (Fsp3) is 0.214. The summed E-state index contributed by atoms with van der Waals surface area (Å²) in [6.45, 7) is 4.34. The van der Waals surface area contributed by atoms with Crippen LogP contribution in [0.25, 0.3) is 0 Å². The number of anilines is 2. The Labute approximate surface area is 129 Å². The number of pyridine rings is 1. The molecule has 5 nitrogen and oxygen atoms in total. The standard InChI is InChI=1S/C14H16ClN3O2S/c1-3-16-14-9-11(7-8-17-14)21(19,20)18-13-6-4-5-12(15)10(13)2/h4-9,18H,3H2,1-2H3,(H,16,17). The van der Waals surface area contributed by atoms with Crippen molar-refractivity contribution in [1.29, 1.82) is 0 Å². The fourth-order valence-corrected chi connectivity index (χ4v) is 3.09. The van der Waals surface area contributed by atoms with E-state index in [2.05, 4.69) is 15.0 Å². The maximum absolute atomic E-state index is 12.4. The van der Waals surface area contributed by atoms with Gasteiger partial charge in [-0.05, 0) is 37.6 Å². The quantitative estimate of drug-likeness (QED) is 0.885. The second-order valence-electron chi connectivity index (χ2n) is 4.43. The lowest BCUT2D eigenvalue weighted by Gasteiger charge is -2.12. The molecule has 1 aromatic carbocycles. The molecular formula is C14H16ClN3O2S. The van der Waals surface area contributed by atoms with Gasteiger partial charge in [-0.2, -0.15) is 0 Å². The van der Waals surface area contributed by atoms with Crippen molar-refractivity contribution in [3.8, 4) is 0 Å². The van der Waals surface area contributed by atoms with Crippen LogP contribution in [-0.4, -0.2) is 19.9 Å². The van der Waals surface area contributed by atoms with E-state index in [4.69, 9.17) is 11.6 Å². The summed E-state index contributed by atoms with van der Waals surface area (Å²) in [4.78, 5) is 4.20. The molecule has 0 radical (unpaired) electrons. The van der Waals surface area contributed by atoms with E-state index >= 15 is 0 Å². The van der Waals surface area contributed by atoms with Crippen molar-refractivity contribution in [3.05, 3.63) is 47.1 Å². The van der Waals surface area contributed by atoms with Crippen molar-refractivity contribution in [2.75, 3.05) is 16.6 Å². The number of benzene rings is 1. The van der Waals surface area contributed by atoms with Crippen LogP contribution in [0.2, 0.25) is 5.02 Å². The summed E-state index contributed by atoms with van der Waals surface area (Å²) in [5, 5.41) is 3.49. The Hall–Kier alpha value is -1.79. The molecule has 112 valence electrons. The van der Waals surface area contributed by atoms with Gasteiger partial charge in [-0.1, -0.05) is 17.7 Å². The maximum atomic E-state index is 12.4. The molecule has 2 rings (SSSR count). The minimum Gasteiger partial charge on any atom is -0.370 e. The average molecular weight is 326 g/mol. The van der Waals surface area contributed by atoms with Crippen LogP contribution < -0.4 is 10.0 Å². The first kappa shape index (κ1) is 15.6. The van der Waals surface area contributed by atoms with Gasteiger partial charge in [-0.3, -0.25) is 4.72 Å². The van der Waals surface area contributed by atoms with E-state index in [-0.39, 0.29) is 4.90 Å². The molecular weight excluding hydrogens is 310 g/mol. The van der Waals surface area contributed by atoms with Gasteiger partial charge in [0.25, 0.3) is 10.0 Å². The Balaban J connectivity index is 2.34. The predicted molar refractivity (Wildman–Crippen MR) is 85.4 cm³/mol. The van der Waals surface area contributed by atoms with Gasteiger partial charge < -0.3 is 5.32 Å². The number of halogens is 1. The summed E-state index contributed by atoms with van der Waals surface area (Å²) in [6, 6.07) is 8.02. The topological polar surface area (TPSA) is 71.1 Å². The van der Waals surface area contributed by atoms with E-state index in [1.165, 1.54) is 18.3 Å². The van der Waals surface area contributed by atoms with Gasteiger partial charge in [0.05, 0.1) is 10.6 Å². The zero-order valence-electron chi connectivity index (χ0n) is 11.7. The lowest BCUT2D eigenvalue weighted by Crippen LogP contribution is -2.14. The molecule has 2 N–H and O–H groups in total. The molecule has 0 spiro atoms. The molecule has 2 aromatic rings. The fourth-order valence-electron chi connectivity index (χ4n) is 1.78. The van der Waals surface area contributed by atoms with Crippen molar-refractivity contribution in [2.24, 2.45) is 0 Å². The van der Waals surface area contributed by atoms with Crippen molar-refractivity contribution in [2.45, 2.75) is 18.7 Å². The number of hydrogen-bond donors (Lipinski definition) is 2. The number of nitrogens with zero attached hydrogens (tertiary/aromatic N) is 1. The van der Waals surface area contributed by atoms with Crippen LogP contribution in [0.5, 0.6) is 0 Å². The third-order valence-electron chi connectivity index (χ3n) is 2.91. The number of aromatic nitrogens is 1. The Morgan fingerprint density at radius 3 is 2.76 bits per heavy atom. The van der Waals surface area contributed by atoms with E-state index in [1.54, 1.807) is 25.1 Å². The van der Waals surface area contributed by atoms with Crippen LogP contribution in [0.3, 0.4) is 0 Å². The van der Waals surface area contributed by atoms with Crippen molar-refractivity contribution in [1.82, 2.24) is 4.98 Å². The molecule has 0 aliphatic rings. The second-order valence-corrected chi connectivity index (χ2v) is 6.51. The number of nitrogens with one attached hydrogen (secondary N) is 2. The molecule has 0 saturated heterocycles. The largest absolute Gasteiger partial charge is 0.370 e. The van der Waals surface area contributed by atoms with Gasteiger partial charge in [0.2, 0.25) is 0 Å². The van der Waals surface area contributed by atoms with Gasteiger partial charge in [0, 0.05) is 23.8 Å². The smallest absolute Gasteiger partial charge is 0.262 e. The van der Waals surface area contributed by atoms with Crippen molar-refractivity contribution in [3.63, 3.8) is 0 Å². The SMILES string of the molecule is CCNc1cc(S(=O)(=O)Nc2cccc(Cl)c2C)ccn1. The first-order valence-corrected chi connectivity index (χ1v) is 8.28. The van der Waals surface area contributed by atoms with Gasteiger partial charge in [-0.15, -0.1) is 0 Å². The normalized spacial score (nSPS) is 11.2. The molecule has 0 amide bonds. The van der Waals surface area contributed by atoms with Crippen LogP contribution in [0.4, 0.5) is 11.5 Å². The highest BCUT2D eigenvalue weighted by Crippen LogP contribution is 2.25. The van der Waals surface area contributed by atoms with Crippen LogP contribution in [0, 0.1) is 6.92 Å². The molecule has 7 heteroatoms. The zero-order chi connectivity index (χ0) is 15.5. The molecule has 0 saturated carbocycles. The van der Waals surface area contributed by atoms with E-state index in [0.29, 0.717) is 28.6 Å². The Morgan fingerprint density at radius 1 is 1.29 bits per heavy atom. The van der Waals surface area contributed by atoms with Gasteiger partial charge in [0.15, 0.2) is 0 Å². The van der Waals surface area contributed by atoms with Crippen molar-refractivity contribution < 1.29 is 8.42 Å². The van der Waals surface area contributed by atoms with Crippen molar-refractivity contribution >= 4 is 33.1 Å². The lowest BCUT2D eigenvalue weighted by atomic mass is 10.2. The molecule has 0 aliphatic carbocycles. The maximum Gasteiger partial charge on any atom is 0.262 e. The molecule has 1 aromatic heterocycles. The number of sulfonamides is 1. The van der Waals surface area contributed by atoms with E-state index in [9.17, 15) is 8.42 Å². The van der Waals surface area contributed by atoms with Crippen LogP contribution in [-0.2, 0) is 10.0 Å². The zero-order valence-corrected chi connectivity index (χ0v) is 13.3. The average Bonchev–Trinajstić information content (AvgIpc) is 2.44. The summed E-state index contributed by atoms with van der Waals surface area (Å²) in [5.74, 6) is 0.517. The molecule has 1 heterocycles. The molecule has 0 bridgehead atoms. The molecule has 0 aliphatic heterocycles. The monoisotopic (exact) mass is 325 g/mol. The van der Waals surface area contributed by atoms with Crippen LogP contribution >= 0.6 is 11.6 Å². The third-order valence-corrected chi connectivity index (χ3v) is 4.68. The predicted octanol–water partition coefficient (Wildman–Crippen LogP) is 3.28. The molecule has 0 fully saturated rings. The first-order chi connectivity index (χ1) is 9.94. The second kappa shape index (κ2) is 6.32. The summed E-state index contributed by atoms with van der Waals surface area (Å²) in [7, 11) is -3.68. The van der Waals surface area contributed by atoms with E-state index in [1.807, 2.05) is 6.92 Å². The van der Waals surface area contributed by atoms with Gasteiger partial charge in [-0.25, -0.2) is 13.4 Å². The summed E-state index contributed by atoms with van der Waals surface area (Å²) in [5.41, 5.74) is 1.15. The van der Waals surface area contributed by atoms with E-state index in [0.717, 1.165) is 0 Å². The minimum absolute atomic E-state index is 0.146. The Morgan fingerprint density at radius 2 is 2.05 bits per heavy atom. The third kappa shape index (κ3) is 3.65. The van der Waals surface area contributed by atoms with Crippen LogP contribution in [0.1, 0.15) is 12.5 Å². The highest BCUT2D eigenvalue weighted by molar-refractivity contribution is 7.92. The highest BCUT2D eigenvalue weighted by Gasteiger charge is 2.16. The first-order valence-electron chi connectivity index (χ1n) is 6.42. The minimum atomic E-state index is -3.68. The number of rotatable bonds is 5. The highest BCUT2D eigenvalue weighted by atomic mass is 35.5. The van der Waals surface area contributed by atoms with Crippen LogP contribution in [0.15, 0.2) is 41.4 Å². The van der Waals surface area contributed by atoms with E-state index < -0.39 is 10.0 Å².